The Balaban J connectivity index is 1.11. The number of urea groups is 1. The van der Waals surface area contributed by atoms with Gasteiger partial charge in [0.1, 0.15) is 28.4 Å². The molecule has 5 fully saturated rings. The minimum Gasteiger partial charge on any atom is -0.496 e. The van der Waals surface area contributed by atoms with Crippen molar-refractivity contribution in [3.63, 3.8) is 0 Å². The van der Waals surface area contributed by atoms with Gasteiger partial charge in [-0.3, -0.25) is 29.1 Å². The molecule has 400 valence electrons. The number of ether oxygens (including phenoxy) is 5. The van der Waals surface area contributed by atoms with Crippen LogP contribution in [0.3, 0.4) is 0 Å². The van der Waals surface area contributed by atoms with Crippen molar-refractivity contribution < 1.29 is 66.2 Å². The van der Waals surface area contributed by atoms with Gasteiger partial charge in [-0.25, -0.2) is 14.0 Å². The molecule has 3 N–H and O–H groups in total. The van der Waals surface area contributed by atoms with Crippen molar-refractivity contribution in [2.75, 3.05) is 54.1 Å². The van der Waals surface area contributed by atoms with Crippen molar-refractivity contribution in [2.24, 2.45) is 17.3 Å². The molecule has 8 rings (SSSR count). The van der Waals surface area contributed by atoms with E-state index in [1.165, 1.54) is 38.5 Å². The van der Waals surface area contributed by atoms with Gasteiger partial charge in [-0.15, -0.1) is 0 Å². The van der Waals surface area contributed by atoms with E-state index in [0.717, 1.165) is 25.3 Å². The summed E-state index contributed by atoms with van der Waals surface area (Å²) in [5.74, 6) is -4.99. The number of aromatic nitrogens is 1. The Kier molecular flexibility index (Phi) is 17.1. The molecular formula is C52H67BClFN6O13. The maximum absolute atomic E-state index is 16.4. The number of halogens is 2. The van der Waals surface area contributed by atoms with Crippen LogP contribution in [0.15, 0.2) is 42.6 Å². The third-order valence-electron chi connectivity index (χ3n) is 14.6. The van der Waals surface area contributed by atoms with Gasteiger partial charge in [0.2, 0.25) is 5.91 Å². The van der Waals surface area contributed by atoms with E-state index in [0.29, 0.717) is 28.6 Å². The molecule has 3 aromatic rings. The number of piperazine rings is 1. The number of pyridine rings is 1. The first-order chi connectivity index (χ1) is 35.1. The number of imide groups is 1. The molecule has 3 saturated carbocycles. The Morgan fingerprint density at radius 3 is 2.36 bits per heavy atom. The van der Waals surface area contributed by atoms with Crippen LogP contribution in [0.1, 0.15) is 119 Å². The lowest BCUT2D eigenvalue weighted by Gasteiger charge is -2.64. The third kappa shape index (κ3) is 11.5. The van der Waals surface area contributed by atoms with Crippen molar-refractivity contribution in [2.45, 2.75) is 116 Å². The summed E-state index contributed by atoms with van der Waals surface area (Å²) in [6.45, 7) is 13.7. The Bertz CT molecular complexity index is 2640. The summed E-state index contributed by atoms with van der Waals surface area (Å²) in [5, 5.41) is 8.24. The summed E-state index contributed by atoms with van der Waals surface area (Å²) in [5.41, 5.74) is -1.32. The number of methoxy groups -OCH3 is 3. The number of para-hydroxylation sites is 1. The van der Waals surface area contributed by atoms with Crippen LogP contribution in [0.25, 0.3) is 0 Å². The van der Waals surface area contributed by atoms with Crippen molar-refractivity contribution in [3.8, 4) is 23.0 Å². The summed E-state index contributed by atoms with van der Waals surface area (Å²) in [4.78, 5) is 88.9. The lowest BCUT2D eigenvalue weighted by Crippen LogP contribution is -2.65. The zero-order valence-electron chi connectivity index (χ0n) is 43.7. The van der Waals surface area contributed by atoms with E-state index in [1.807, 2.05) is 13.8 Å². The maximum atomic E-state index is 16.4. The van der Waals surface area contributed by atoms with Gasteiger partial charge in [-0.1, -0.05) is 50.9 Å². The number of carbonyl (C=O) groups is 6. The van der Waals surface area contributed by atoms with Crippen LogP contribution in [-0.2, 0) is 34.9 Å². The molecular weight excluding hydrogens is 982 g/mol. The minimum atomic E-state index is -1.89. The number of esters is 1. The number of hydrogen-bond donors (Lipinski definition) is 3. The highest BCUT2D eigenvalue weighted by Gasteiger charge is 2.68. The molecule has 2 aliphatic heterocycles. The minimum absolute atomic E-state index is 0.0246. The molecule has 2 saturated heterocycles. The fraction of sp³-hybridized carbons (Fsp3) is 0.558. The zero-order chi connectivity index (χ0) is 53.9. The topological polar surface area (TPSA) is 222 Å². The predicted octanol–water partition coefficient (Wildman–Crippen LogP) is 6.27. The largest absolute Gasteiger partial charge is 0.496 e. The highest BCUT2D eigenvalue weighted by molar-refractivity contribution is 6.48. The first kappa shape index (κ1) is 55.6. The molecule has 0 radical (unpaired) electrons. The number of rotatable bonds is 20. The van der Waals surface area contributed by atoms with Crippen LogP contribution < -0.4 is 34.9 Å². The van der Waals surface area contributed by atoms with Crippen molar-refractivity contribution in [1.82, 2.24) is 30.7 Å². The Morgan fingerprint density at radius 1 is 0.959 bits per heavy atom. The van der Waals surface area contributed by atoms with Gasteiger partial charge in [0.25, 0.3) is 5.91 Å². The number of benzene rings is 2. The van der Waals surface area contributed by atoms with Crippen LogP contribution in [0.2, 0.25) is 5.02 Å². The van der Waals surface area contributed by atoms with Crippen LogP contribution in [0, 0.1) is 23.1 Å². The lowest BCUT2D eigenvalue weighted by molar-refractivity contribution is -0.199. The first-order valence-electron chi connectivity index (χ1n) is 25.0. The van der Waals surface area contributed by atoms with Crippen LogP contribution in [0.4, 0.5) is 9.18 Å². The highest BCUT2D eigenvalue weighted by Crippen LogP contribution is 2.65. The molecule has 3 aliphatic carbocycles. The van der Waals surface area contributed by atoms with E-state index in [-0.39, 0.29) is 96.5 Å². The van der Waals surface area contributed by atoms with E-state index < -0.39 is 77.4 Å². The molecule has 5 aliphatic rings. The smallest absolute Gasteiger partial charge is 0.482 e. The second kappa shape index (κ2) is 22.7. The van der Waals surface area contributed by atoms with Gasteiger partial charge < -0.3 is 53.8 Å². The summed E-state index contributed by atoms with van der Waals surface area (Å²) in [6, 6.07) is 5.98. The second-order valence-electron chi connectivity index (χ2n) is 20.8. The molecule has 74 heavy (non-hydrogen) atoms. The molecule has 3 heterocycles. The lowest BCUT2D eigenvalue weighted by atomic mass is 9.43. The quantitative estimate of drug-likeness (QED) is 0.0492. The van der Waals surface area contributed by atoms with Crippen molar-refractivity contribution in [3.05, 3.63) is 75.8 Å². The molecule has 2 aromatic carbocycles. The summed E-state index contributed by atoms with van der Waals surface area (Å²) >= 11 is 6.40. The van der Waals surface area contributed by atoms with Gasteiger partial charge in [0, 0.05) is 32.2 Å². The van der Waals surface area contributed by atoms with Gasteiger partial charge in [-0.05, 0) is 101 Å². The summed E-state index contributed by atoms with van der Waals surface area (Å²) in [7, 11) is 3.17. The number of nitrogens with zero attached hydrogens (tertiary/aromatic N) is 3. The van der Waals surface area contributed by atoms with E-state index in [4.69, 9.17) is 44.6 Å². The Morgan fingerprint density at radius 2 is 1.70 bits per heavy atom. The normalized spacial score (nSPS) is 21.7. The molecule has 0 spiro atoms. The van der Waals surface area contributed by atoms with E-state index >= 15 is 4.39 Å². The zero-order valence-corrected chi connectivity index (χ0v) is 44.4. The van der Waals surface area contributed by atoms with Crippen molar-refractivity contribution >= 4 is 54.3 Å². The monoisotopic (exact) mass is 1050 g/mol. The Hall–Kier alpha value is -6.19. The molecule has 22 heteroatoms. The number of unbranched alkanes of at least 4 members (excludes halogenated alkanes) is 1. The van der Waals surface area contributed by atoms with E-state index in [1.54, 1.807) is 45.0 Å². The van der Waals surface area contributed by atoms with Gasteiger partial charge in [0.15, 0.2) is 23.4 Å². The average Bonchev–Trinajstić information content (AvgIpc) is 3.72. The number of carbonyl (C=O) groups excluding carboxylic acids is 6. The number of amides is 6. The van der Waals surface area contributed by atoms with Crippen molar-refractivity contribution in [1.29, 1.82) is 0 Å². The summed E-state index contributed by atoms with van der Waals surface area (Å²) in [6.07, 6.45) is 4.28. The third-order valence-corrected chi connectivity index (χ3v) is 14.9. The fourth-order valence-corrected chi connectivity index (χ4v) is 10.8. The van der Waals surface area contributed by atoms with Gasteiger partial charge in [-0.2, -0.15) is 0 Å². The highest BCUT2D eigenvalue weighted by atomic mass is 35.5. The first-order valence-corrected chi connectivity index (χ1v) is 25.4. The average molecular weight is 1050 g/mol. The predicted molar refractivity (Wildman–Crippen MR) is 270 cm³/mol. The summed E-state index contributed by atoms with van der Waals surface area (Å²) < 4.78 is 57.6. The van der Waals surface area contributed by atoms with Crippen LogP contribution >= 0.6 is 11.6 Å². The molecule has 6 atom stereocenters. The molecule has 1 unspecified atom stereocenters. The molecule has 1 aromatic heterocycles. The second-order valence-corrected chi connectivity index (χ2v) is 21.2. The molecule has 6 amide bonds. The molecule has 19 nitrogen and oxygen atoms in total. The van der Waals surface area contributed by atoms with E-state index in [9.17, 15) is 28.8 Å². The number of nitrogens with one attached hydrogen (secondary N) is 3. The standard InChI is InChI=1S/C52H67BClFN6O13/c1-11-12-23-71-31-27-34(55)40(57-28-31)41(59-49(67)61-22-21-60(46(64)47(61)65)20-14-19-56-44(62)32-17-18-35(68-8)43(70-10)39(32)54)45(63)58-38(53-73-37-26-30-25-36(51(30,5)6)52(37,7)74-53)24-29-15-13-16-33(42(29)69-9)48(66)72-50(2,3)4/h13,15-18,27-28,30,36-38,41H,11-12,14,19-26H2,1-10H3,(H,56,62)(H,58,63)(H,59,67)/t30-,36-,37+,38-,41?,52-/m0/s1. The number of hydrogen-bond acceptors (Lipinski definition) is 14. The van der Waals surface area contributed by atoms with Crippen LogP contribution in [-0.4, -0.2) is 135 Å². The fourth-order valence-electron chi connectivity index (χ4n) is 10.5. The van der Waals surface area contributed by atoms with E-state index in [2.05, 4.69) is 34.8 Å². The van der Waals surface area contributed by atoms with Crippen LogP contribution in [0.5, 0.6) is 23.0 Å². The van der Waals surface area contributed by atoms with Gasteiger partial charge >= 0.3 is 30.9 Å². The molecule has 2 bridgehead atoms. The van der Waals surface area contributed by atoms with Gasteiger partial charge in [0.05, 0.1) is 62.4 Å². The Labute approximate surface area is 436 Å². The maximum Gasteiger partial charge on any atom is 0.482 e. The SMILES string of the molecule is CCCCOc1cnc(C(NC(=O)N2CCN(CCCNC(=O)c3ccc(OC)c(OC)c3Cl)C(=O)C2=O)C(=O)N[C@@H](Cc2cccc(C(=O)OC(C)(C)C)c2OC)B2O[C@@H]3C[C@@H]4C[C@@H](C4(C)C)[C@]3(C)O2)c(F)c1.